The first kappa shape index (κ1) is 16.5. The molecule has 2 rings (SSSR count). The SMILES string of the molecule is CCNC(=NCc1cccc(OCC(F)F)c1)NCC1CC1. The van der Waals surface area contributed by atoms with E-state index in [1.54, 1.807) is 18.2 Å². The van der Waals surface area contributed by atoms with E-state index in [2.05, 4.69) is 15.6 Å². The lowest BCUT2D eigenvalue weighted by molar-refractivity contribution is 0.0818. The van der Waals surface area contributed by atoms with Gasteiger partial charge in [-0.05, 0) is 43.4 Å². The lowest BCUT2D eigenvalue weighted by Crippen LogP contribution is -2.38. The smallest absolute Gasteiger partial charge is 0.272 e. The highest BCUT2D eigenvalue weighted by Gasteiger charge is 2.20. The Morgan fingerprint density at radius 3 is 2.86 bits per heavy atom. The van der Waals surface area contributed by atoms with Gasteiger partial charge in [-0.2, -0.15) is 0 Å². The Morgan fingerprint density at radius 1 is 1.36 bits per heavy atom. The third kappa shape index (κ3) is 6.28. The van der Waals surface area contributed by atoms with Crippen molar-refractivity contribution in [2.75, 3.05) is 19.7 Å². The van der Waals surface area contributed by atoms with Crippen LogP contribution in [0.15, 0.2) is 29.3 Å². The van der Waals surface area contributed by atoms with Crippen molar-refractivity contribution in [2.24, 2.45) is 10.9 Å². The van der Waals surface area contributed by atoms with Crippen molar-refractivity contribution in [1.82, 2.24) is 10.6 Å². The molecular weight excluding hydrogens is 288 g/mol. The minimum Gasteiger partial charge on any atom is -0.488 e. The number of alkyl halides is 2. The molecule has 22 heavy (non-hydrogen) atoms. The molecule has 1 fully saturated rings. The Hall–Kier alpha value is -1.85. The molecule has 122 valence electrons. The van der Waals surface area contributed by atoms with E-state index in [9.17, 15) is 8.78 Å². The van der Waals surface area contributed by atoms with Crippen molar-refractivity contribution in [1.29, 1.82) is 0 Å². The Balaban J connectivity index is 1.88. The van der Waals surface area contributed by atoms with Gasteiger partial charge in [0.25, 0.3) is 6.43 Å². The molecular formula is C16H23F2N3O. The van der Waals surface area contributed by atoms with E-state index >= 15 is 0 Å². The van der Waals surface area contributed by atoms with Crippen LogP contribution in [-0.4, -0.2) is 32.1 Å². The summed E-state index contributed by atoms with van der Waals surface area (Å²) in [6.45, 7) is 3.66. The molecule has 0 spiro atoms. The van der Waals surface area contributed by atoms with Gasteiger partial charge in [-0.3, -0.25) is 0 Å². The van der Waals surface area contributed by atoms with Crippen LogP contribution in [0.25, 0.3) is 0 Å². The predicted octanol–water partition coefficient (Wildman–Crippen LogP) is 2.80. The fourth-order valence-electron chi connectivity index (χ4n) is 1.97. The van der Waals surface area contributed by atoms with Gasteiger partial charge in [0.2, 0.25) is 0 Å². The zero-order chi connectivity index (χ0) is 15.8. The maximum atomic E-state index is 12.2. The summed E-state index contributed by atoms with van der Waals surface area (Å²) in [6.07, 6.45) is 0.111. The summed E-state index contributed by atoms with van der Waals surface area (Å²) in [5, 5.41) is 6.52. The Morgan fingerprint density at radius 2 is 2.18 bits per heavy atom. The Kier molecular flexibility index (Phi) is 6.43. The molecule has 1 aliphatic carbocycles. The van der Waals surface area contributed by atoms with E-state index in [1.165, 1.54) is 12.8 Å². The van der Waals surface area contributed by atoms with Crippen LogP contribution in [-0.2, 0) is 6.54 Å². The summed E-state index contributed by atoms with van der Waals surface area (Å²) in [4.78, 5) is 4.51. The maximum absolute atomic E-state index is 12.2. The second-order valence-corrected chi connectivity index (χ2v) is 5.37. The monoisotopic (exact) mass is 311 g/mol. The molecule has 0 heterocycles. The standard InChI is InChI=1S/C16H23F2N3O/c1-2-19-16(20-9-12-6-7-12)21-10-13-4-3-5-14(8-13)22-11-15(17)18/h3-5,8,12,15H,2,6-7,9-11H2,1H3,(H2,19,20,21). The predicted molar refractivity (Wildman–Crippen MR) is 83.5 cm³/mol. The molecule has 1 aromatic carbocycles. The largest absolute Gasteiger partial charge is 0.488 e. The number of aliphatic imine (C=N–C) groups is 1. The highest BCUT2D eigenvalue weighted by atomic mass is 19.3. The lowest BCUT2D eigenvalue weighted by Gasteiger charge is -2.11. The lowest BCUT2D eigenvalue weighted by atomic mass is 10.2. The fraction of sp³-hybridized carbons (Fsp3) is 0.562. The van der Waals surface area contributed by atoms with Gasteiger partial charge < -0.3 is 15.4 Å². The normalized spacial score (nSPS) is 15.0. The van der Waals surface area contributed by atoms with Crippen LogP contribution < -0.4 is 15.4 Å². The average Bonchev–Trinajstić information content (AvgIpc) is 3.33. The quantitative estimate of drug-likeness (QED) is 0.573. The minimum atomic E-state index is -2.46. The molecule has 0 aromatic heterocycles. The zero-order valence-electron chi connectivity index (χ0n) is 12.8. The minimum absolute atomic E-state index is 0.448. The van der Waals surface area contributed by atoms with Gasteiger partial charge >= 0.3 is 0 Å². The fourth-order valence-corrected chi connectivity index (χ4v) is 1.97. The number of nitrogens with one attached hydrogen (secondary N) is 2. The van der Waals surface area contributed by atoms with Gasteiger partial charge in [0, 0.05) is 13.1 Å². The summed E-state index contributed by atoms with van der Waals surface area (Å²) >= 11 is 0. The summed E-state index contributed by atoms with van der Waals surface area (Å²) in [5.41, 5.74) is 0.926. The van der Waals surface area contributed by atoms with Gasteiger partial charge in [-0.1, -0.05) is 12.1 Å². The van der Waals surface area contributed by atoms with Crippen LogP contribution in [0.5, 0.6) is 5.75 Å². The van der Waals surface area contributed by atoms with Crippen LogP contribution in [0.4, 0.5) is 8.78 Å². The molecule has 0 aliphatic heterocycles. The molecule has 0 radical (unpaired) electrons. The third-order valence-electron chi connectivity index (χ3n) is 3.29. The second-order valence-electron chi connectivity index (χ2n) is 5.37. The maximum Gasteiger partial charge on any atom is 0.272 e. The van der Waals surface area contributed by atoms with E-state index in [0.717, 1.165) is 30.5 Å². The summed E-state index contributed by atoms with van der Waals surface area (Å²) in [7, 11) is 0. The van der Waals surface area contributed by atoms with Crippen LogP contribution >= 0.6 is 0 Å². The van der Waals surface area contributed by atoms with E-state index in [-0.39, 0.29) is 0 Å². The number of benzene rings is 1. The van der Waals surface area contributed by atoms with E-state index < -0.39 is 13.0 Å². The molecule has 0 unspecified atom stereocenters. The number of hydrogen-bond donors (Lipinski definition) is 2. The molecule has 0 saturated heterocycles. The van der Waals surface area contributed by atoms with Gasteiger partial charge in [-0.15, -0.1) is 0 Å². The summed E-state index contributed by atoms with van der Waals surface area (Å²) in [6, 6.07) is 7.11. The van der Waals surface area contributed by atoms with Crippen molar-refractivity contribution in [2.45, 2.75) is 32.7 Å². The molecule has 0 amide bonds. The van der Waals surface area contributed by atoms with Gasteiger partial charge in [0.1, 0.15) is 12.4 Å². The van der Waals surface area contributed by atoms with E-state index in [4.69, 9.17) is 4.74 Å². The van der Waals surface area contributed by atoms with Crippen molar-refractivity contribution < 1.29 is 13.5 Å². The highest BCUT2D eigenvalue weighted by molar-refractivity contribution is 5.79. The number of ether oxygens (including phenoxy) is 1. The number of hydrogen-bond acceptors (Lipinski definition) is 2. The molecule has 1 saturated carbocycles. The molecule has 4 nitrogen and oxygen atoms in total. The van der Waals surface area contributed by atoms with Crippen molar-refractivity contribution in [3.63, 3.8) is 0 Å². The van der Waals surface area contributed by atoms with Crippen LogP contribution in [0.1, 0.15) is 25.3 Å². The second kappa shape index (κ2) is 8.56. The number of guanidine groups is 1. The molecule has 0 atom stereocenters. The van der Waals surface area contributed by atoms with Gasteiger partial charge in [0.05, 0.1) is 6.54 Å². The van der Waals surface area contributed by atoms with Crippen molar-refractivity contribution in [3.8, 4) is 5.75 Å². The van der Waals surface area contributed by atoms with Crippen molar-refractivity contribution >= 4 is 5.96 Å². The Labute approximate surface area is 130 Å². The number of rotatable bonds is 8. The number of nitrogens with zero attached hydrogens (tertiary/aromatic N) is 1. The highest BCUT2D eigenvalue weighted by Crippen LogP contribution is 2.27. The van der Waals surface area contributed by atoms with Crippen LogP contribution in [0, 0.1) is 5.92 Å². The number of halogens is 2. The first-order valence-electron chi connectivity index (χ1n) is 7.69. The molecule has 2 N–H and O–H groups in total. The molecule has 6 heteroatoms. The van der Waals surface area contributed by atoms with Crippen molar-refractivity contribution in [3.05, 3.63) is 29.8 Å². The first-order valence-corrected chi connectivity index (χ1v) is 7.69. The Bertz CT molecular complexity index is 490. The zero-order valence-corrected chi connectivity index (χ0v) is 12.8. The van der Waals surface area contributed by atoms with Crippen LogP contribution in [0.3, 0.4) is 0 Å². The summed E-state index contributed by atoms with van der Waals surface area (Å²) in [5.74, 6) is 2.01. The molecule has 0 bridgehead atoms. The summed E-state index contributed by atoms with van der Waals surface area (Å²) < 4.78 is 29.3. The van der Waals surface area contributed by atoms with Gasteiger partial charge in [-0.25, -0.2) is 13.8 Å². The average molecular weight is 311 g/mol. The van der Waals surface area contributed by atoms with E-state index in [1.807, 2.05) is 13.0 Å². The van der Waals surface area contributed by atoms with E-state index in [0.29, 0.717) is 12.3 Å². The topological polar surface area (TPSA) is 45.7 Å². The third-order valence-corrected chi connectivity index (χ3v) is 3.29. The molecule has 1 aromatic rings. The van der Waals surface area contributed by atoms with Crippen LogP contribution in [0.2, 0.25) is 0 Å². The van der Waals surface area contributed by atoms with Gasteiger partial charge in [0.15, 0.2) is 5.96 Å². The molecule has 1 aliphatic rings. The first-order chi connectivity index (χ1) is 10.7.